The molecule has 6 nitrogen and oxygen atoms in total. The molecule has 1 atom stereocenters. The van der Waals surface area contributed by atoms with Crippen molar-refractivity contribution in [3.05, 3.63) is 11.5 Å². The van der Waals surface area contributed by atoms with E-state index in [2.05, 4.69) is 9.97 Å². The third kappa shape index (κ3) is 2.61. The summed E-state index contributed by atoms with van der Waals surface area (Å²) in [5, 5.41) is 0.106. The van der Waals surface area contributed by atoms with E-state index >= 15 is 0 Å². The molecule has 1 aromatic heterocycles. The van der Waals surface area contributed by atoms with E-state index in [1.54, 1.807) is 0 Å². The predicted molar refractivity (Wildman–Crippen MR) is 66.9 cm³/mol. The third-order valence-corrected chi connectivity index (χ3v) is 4.69. The average molecular weight is 277 g/mol. The first-order valence-electron chi connectivity index (χ1n) is 5.14. The first kappa shape index (κ1) is 12.4. The molecule has 2 rings (SSSR count). The van der Waals surface area contributed by atoms with Crippen molar-refractivity contribution < 1.29 is 8.42 Å². The van der Waals surface area contributed by atoms with Crippen molar-refractivity contribution in [3.8, 4) is 0 Å². The van der Waals surface area contributed by atoms with Crippen LogP contribution in [0.25, 0.3) is 0 Å². The number of hydrogen-bond acceptors (Lipinski definition) is 6. The summed E-state index contributed by atoms with van der Waals surface area (Å²) in [6.07, 6.45) is 1.43. The van der Waals surface area contributed by atoms with Crippen molar-refractivity contribution >= 4 is 32.9 Å². The maximum absolute atomic E-state index is 11.5. The molecule has 0 bridgehead atoms. The molecule has 94 valence electrons. The highest BCUT2D eigenvalue weighted by molar-refractivity contribution is 7.91. The van der Waals surface area contributed by atoms with Crippen molar-refractivity contribution in [2.75, 3.05) is 28.7 Å². The van der Waals surface area contributed by atoms with Crippen LogP contribution in [0.5, 0.6) is 0 Å². The molecule has 2 N–H and O–H groups in total. The molecule has 2 heterocycles. The van der Waals surface area contributed by atoms with E-state index in [1.165, 1.54) is 6.20 Å². The van der Waals surface area contributed by atoms with Crippen LogP contribution in [0, 0.1) is 0 Å². The maximum Gasteiger partial charge on any atom is 0.224 e. The molecule has 17 heavy (non-hydrogen) atoms. The summed E-state index contributed by atoms with van der Waals surface area (Å²) in [6.45, 7) is 2.20. The van der Waals surface area contributed by atoms with Gasteiger partial charge in [0, 0.05) is 12.6 Å². The van der Waals surface area contributed by atoms with Gasteiger partial charge in [0.1, 0.15) is 0 Å². The number of anilines is 2. The Balaban J connectivity index is 2.32. The molecule has 0 spiro atoms. The molecule has 0 amide bonds. The first-order chi connectivity index (χ1) is 7.89. The van der Waals surface area contributed by atoms with Crippen LogP contribution in [0.15, 0.2) is 6.20 Å². The number of nitrogens with two attached hydrogens (primary N) is 1. The molecular weight excluding hydrogens is 264 g/mol. The number of aromatic nitrogens is 2. The fraction of sp³-hybridized carbons (Fsp3) is 0.556. The summed E-state index contributed by atoms with van der Waals surface area (Å²) >= 11 is 5.72. The van der Waals surface area contributed by atoms with Crippen molar-refractivity contribution in [1.29, 1.82) is 0 Å². The summed E-state index contributed by atoms with van der Waals surface area (Å²) in [4.78, 5) is 9.68. The average Bonchev–Trinajstić information content (AvgIpc) is 2.21. The Morgan fingerprint density at radius 3 is 2.94 bits per heavy atom. The van der Waals surface area contributed by atoms with E-state index in [-0.39, 0.29) is 22.8 Å². The van der Waals surface area contributed by atoms with E-state index in [9.17, 15) is 8.42 Å². The highest BCUT2D eigenvalue weighted by Crippen LogP contribution is 2.25. The van der Waals surface area contributed by atoms with Crippen molar-refractivity contribution in [1.82, 2.24) is 9.97 Å². The molecule has 8 heteroatoms. The number of rotatable bonds is 1. The van der Waals surface area contributed by atoms with Gasteiger partial charge in [0.05, 0.1) is 23.4 Å². The van der Waals surface area contributed by atoms with Crippen LogP contribution in [0.4, 0.5) is 11.5 Å². The molecule has 1 aliphatic rings. The van der Waals surface area contributed by atoms with Crippen LogP contribution in [0.1, 0.15) is 6.92 Å². The molecule has 0 radical (unpaired) electrons. The van der Waals surface area contributed by atoms with Gasteiger partial charge in [-0.25, -0.2) is 13.4 Å². The van der Waals surface area contributed by atoms with E-state index in [4.69, 9.17) is 17.3 Å². The van der Waals surface area contributed by atoms with E-state index in [0.717, 1.165) is 0 Å². The van der Waals surface area contributed by atoms with Gasteiger partial charge in [-0.15, -0.1) is 0 Å². The van der Waals surface area contributed by atoms with Gasteiger partial charge in [-0.3, -0.25) is 0 Å². The normalized spacial score (nSPS) is 23.6. The Kier molecular flexibility index (Phi) is 3.13. The Morgan fingerprint density at radius 2 is 2.29 bits per heavy atom. The zero-order valence-electron chi connectivity index (χ0n) is 9.30. The molecule has 0 saturated carbocycles. The number of halogens is 1. The minimum atomic E-state index is -2.95. The SMILES string of the molecule is CC1CS(=O)(=O)CCN1c1nc(Cl)ncc1N. The number of hydrogen-bond donors (Lipinski definition) is 1. The highest BCUT2D eigenvalue weighted by atomic mass is 35.5. The topological polar surface area (TPSA) is 89.2 Å². The Hall–Kier alpha value is -1.08. The van der Waals surface area contributed by atoms with Gasteiger partial charge in [-0.1, -0.05) is 0 Å². The third-order valence-electron chi connectivity index (χ3n) is 2.71. The lowest BCUT2D eigenvalue weighted by Crippen LogP contribution is -2.47. The van der Waals surface area contributed by atoms with Gasteiger partial charge in [-0.05, 0) is 18.5 Å². The molecule has 1 aliphatic heterocycles. The van der Waals surface area contributed by atoms with Gasteiger partial charge in [0.2, 0.25) is 5.28 Å². The van der Waals surface area contributed by atoms with Crippen LogP contribution in [0.2, 0.25) is 5.28 Å². The number of sulfone groups is 1. The second-order valence-corrected chi connectivity index (χ2v) is 6.64. The van der Waals surface area contributed by atoms with E-state index in [1.807, 2.05) is 11.8 Å². The van der Waals surface area contributed by atoms with Crippen molar-refractivity contribution in [2.24, 2.45) is 0 Å². The summed E-state index contributed by atoms with van der Waals surface area (Å²) in [7, 11) is -2.95. The molecule has 0 aromatic carbocycles. The minimum Gasteiger partial charge on any atom is -0.394 e. The van der Waals surface area contributed by atoms with Crippen molar-refractivity contribution in [3.63, 3.8) is 0 Å². The smallest absolute Gasteiger partial charge is 0.224 e. The lowest BCUT2D eigenvalue weighted by atomic mass is 10.3. The summed E-state index contributed by atoms with van der Waals surface area (Å²) in [5.74, 6) is 0.722. The zero-order chi connectivity index (χ0) is 12.6. The fourth-order valence-electron chi connectivity index (χ4n) is 1.90. The largest absolute Gasteiger partial charge is 0.394 e. The standard InChI is InChI=1S/C9H13ClN4O2S/c1-6-5-17(15,16)3-2-14(6)8-7(11)4-12-9(10)13-8/h4,6H,2-3,5,11H2,1H3. The summed E-state index contributed by atoms with van der Waals surface area (Å²) in [5.41, 5.74) is 6.18. The zero-order valence-corrected chi connectivity index (χ0v) is 10.9. The quantitative estimate of drug-likeness (QED) is 0.744. The summed E-state index contributed by atoms with van der Waals surface area (Å²) < 4.78 is 22.9. The molecule has 0 aliphatic carbocycles. The highest BCUT2D eigenvalue weighted by Gasteiger charge is 2.30. The molecule has 1 unspecified atom stereocenters. The van der Waals surface area contributed by atoms with Crippen LogP contribution in [0.3, 0.4) is 0 Å². The summed E-state index contributed by atoms with van der Waals surface area (Å²) in [6, 6.07) is -0.165. The van der Waals surface area contributed by atoms with Gasteiger partial charge in [-0.2, -0.15) is 4.98 Å². The monoisotopic (exact) mass is 276 g/mol. The fourth-order valence-corrected chi connectivity index (χ4v) is 3.59. The minimum absolute atomic E-state index is 0.105. The van der Waals surface area contributed by atoms with E-state index in [0.29, 0.717) is 18.1 Å². The van der Waals surface area contributed by atoms with Gasteiger partial charge in [0.15, 0.2) is 15.7 Å². The Morgan fingerprint density at radius 1 is 1.59 bits per heavy atom. The van der Waals surface area contributed by atoms with Crippen LogP contribution >= 0.6 is 11.6 Å². The number of nitrogens with zero attached hydrogens (tertiary/aromatic N) is 3. The van der Waals surface area contributed by atoms with E-state index < -0.39 is 9.84 Å². The molecule has 1 aromatic rings. The maximum atomic E-state index is 11.5. The van der Waals surface area contributed by atoms with Gasteiger partial charge >= 0.3 is 0 Å². The van der Waals surface area contributed by atoms with Crippen LogP contribution in [-0.2, 0) is 9.84 Å². The molecule has 1 fully saturated rings. The Labute approximate surface area is 105 Å². The van der Waals surface area contributed by atoms with Crippen LogP contribution in [-0.4, -0.2) is 42.5 Å². The van der Waals surface area contributed by atoms with Crippen LogP contribution < -0.4 is 10.6 Å². The first-order valence-corrected chi connectivity index (χ1v) is 7.34. The number of nitrogen functional groups attached to an aromatic ring is 1. The lowest BCUT2D eigenvalue weighted by molar-refractivity contribution is 0.567. The Bertz CT molecular complexity index is 534. The van der Waals surface area contributed by atoms with Crippen molar-refractivity contribution in [2.45, 2.75) is 13.0 Å². The molecule has 1 saturated heterocycles. The second-order valence-electron chi connectivity index (χ2n) is 4.07. The van der Waals surface area contributed by atoms with Gasteiger partial charge in [0.25, 0.3) is 0 Å². The van der Waals surface area contributed by atoms with Gasteiger partial charge < -0.3 is 10.6 Å². The lowest BCUT2D eigenvalue weighted by Gasteiger charge is -2.34. The second kappa shape index (κ2) is 4.30. The predicted octanol–water partition coefficient (Wildman–Crippen LogP) is 0.336. The molecular formula is C9H13ClN4O2S.